The van der Waals surface area contributed by atoms with Crippen LogP contribution in [-0.4, -0.2) is 25.2 Å². The monoisotopic (exact) mass is 233 g/mol. The van der Waals surface area contributed by atoms with Gasteiger partial charge in [0, 0.05) is 18.8 Å². The maximum absolute atomic E-state index is 5.79. The molecule has 0 saturated carbocycles. The van der Waals surface area contributed by atoms with Crippen LogP contribution in [0.3, 0.4) is 0 Å². The van der Waals surface area contributed by atoms with Gasteiger partial charge >= 0.3 is 0 Å². The van der Waals surface area contributed by atoms with Crippen LogP contribution in [-0.2, 0) is 4.74 Å². The lowest BCUT2D eigenvalue weighted by atomic mass is 10.2. The van der Waals surface area contributed by atoms with Crippen LogP contribution in [0.2, 0.25) is 0 Å². The minimum Gasteiger partial charge on any atom is -0.378 e. The predicted molar refractivity (Wildman–Crippen MR) is 70.1 cm³/mol. The van der Waals surface area contributed by atoms with E-state index in [1.54, 1.807) is 0 Å². The number of aliphatic imine (C=N–C) groups is 1. The van der Waals surface area contributed by atoms with Crippen LogP contribution < -0.4 is 11.1 Å². The van der Waals surface area contributed by atoms with Crippen molar-refractivity contribution in [1.82, 2.24) is 0 Å². The summed E-state index contributed by atoms with van der Waals surface area (Å²) >= 11 is 0. The third kappa shape index (κ3) is 4.07. The Morgan fingerprint density at radius 2 is 2.24 bits per heavy atom. The Morgan fingerprint density at radius 1 is 1.41 bits per heavy atom. The van der Waals surface area contributed by atoms with Crippen molar-refractivity contribution in [2.45, 2.75) is 25.4 Å². The summed E-state index contributed by atoms with van der Waals surface area (Å²) in [5.41, 5.74) is 6.75. The first-order valence-corrected chi connectivity index (χ1v) is 6.08. The van der Waals surface area contributed by atoms with Gasteiger partial charge in [-0.25, -0.2) is 0 Å². The van der Waals surface area contributed by atoms with Gasteiger partial charge < -0.3 is 15.8 Å². The zero-order chi connectivity index (χ0) is 11.9. The second-order valence-corrected chi connectivity index (χ2v) is 4.18. The van der Waals surface area contributed by atoms with E-state index in [0.717, 1.165) is 31.7 Å². The van der Waals surface area contributed by atoms with Crippen molar-refractivity contribution in [3.63, 3.8) is 0 Å². The maximum Gasteiger partial charge on any atom is 0.193 e. The van der Waals surface area contributed by atoms with Crippen molar-refractivity contribution in [2.75, 3.05) is 18.5 Å². The lowest BCUT2D eigenvalue weighted by molar-refractivity contribution is 0.106. The minimum atomic E-state index is 0.378. The van der Waals surface area contributed by atoms with Gasteiger partial charge in [0.05, 0.1) is 6.10 Å². The summed E-state index contributed by atoms with van der Waals surface area (Å²) in [6, 6.07) is 9.81. The highest BCUT2D eigenvalue weighted by Crippen LogP contribution is 2.14. The van der Waals surface area contributed by atoms with Crippen LogP contribution in [0.25, 0.3) is 0 Å². The molecule has 1 aromatic carbocycles. The standard InChI is InChI=1S/C13H19N3O/c14-13(16-11-5-2-1-3-6-11)15-9-8-12-7-4-10-17-12/h1-3,5-6,12H,4,7-10H2,(H3,14,15,16)/t12-/m0/s1. The van der Waals surface area contributed by atoms with Crippen molar-refractivity contribution in [3.05, 3.63) is 30.3 Å². The Kier molecular flexibility index (Phi) is 4.38. The van der Waals surface area contributed by atoms with Crippen LogP contribution in [0.4, 0.5) is 5.69 Å². The number of nitrogens with two attached hydrogens (primary N) is 1. The second kappa shape index (κ2) is 6.25. The van der Waals surface area contributed by atoms with E-state index in [2.05, 4.69) is 10.3 Å². The summed E-state index contributed by atoms with van der Waals surface area (Å²) in [5.74, 6) is 0.467. The molecular formula is C13H19N3O. The Bertz CT molecular complexity index is 358. The molecule has 0 aromatic heterocycles. The molecule has 1 saturated heterocycles. The van der Waals surface area contributed by atoms with Gasteiger partial charge in [-0.2, -0.15) is 0 Å². The Balaban J connectivity index is 1.73. The minimum absolute atomic E-state index is 0.378. The Hall–Kier alpha value is -1.55. The van der Waals surface area contributed by atoms with Crippen molar-refractivity contribution >= 4 is 11.6 Å². The van der Waals surface area contributed by atoms with E-state index in [4.69, 9.17) is 10.5 Å². The first kappa shape index (κ1) is 11.9. The van der Waals surface area contributed by atoms with E-state index in [9.17, 15) is 0 Å². The SMILES string of the molecule is NC(=NCC[C@@H]1CCCO1)Nc1ccccc1. The molecule has 0 amide bonds. The molecule has 17 heavy (non-hydrogen) atoms. The molecule has 92 valence electrons. The molecule has 4 heteroatoms. The average molecular weight is 233 g/mol. The van der Waals surface area contributed by atoms with Crippen LogP contribution in [0.15, 0.2) is 35.3 Å². The molecule has 0 unspecified atom stereocenters. The third-order valence-electron chi connectivity index (χ3n) is 2.80. The molecular weight excluding hydrogens is 214 g/mol. The number of para-hydroxylation sites is 1. The number of nitrogens with zero attached hydrogens (tertiary/aromatic N) is 1. The summed E-state index contributed by atoms with van der Waals surface area (Å²) in [6.45, 7) is 1.61. The summed E-state index contributed by atoms with van der Waals surface area (Å²) < 4.78 is 5.52. The smallest absolute Gasteiger partial charge is 0.193 e. The molecule has 1 aliphatic rings. The largest absolute Gasteiger partial charge is 0.378 e. The van der Waals surface area contributed by atoms with Crippen molar-refractivity contribution in [2.24, 2.45) is 10.7 Å². The average Bonchev–Trinajstić information content (AvgIpc) is 2.83. The Morgan fingerprint density at radius 3 is 2.94 bits per heavy atom. The van der Waals surface area contributed by atoms with Gasteiger partial charge in [-0.3, -0.25) is 4.99 Å². The fourth-order valence-electron chi connectivity index (χ4n) is 1.91. The highest BCUT2D eigenvalue weighted by Gasteiger charge is 2.14. The number of anilines is 1. The molecule has 3 N–H and O–H groups in total. The molecule has 1 fully saturated rings. The highest BCUT2D eigenvalue weighted by atomic mass is 16.5. The summed E-state index contributed by atoms with van der Waals surface area (Å²) in [5, 5.41) is 3.05. The van der Waals surface area contributed by atoms with Crippen molar-refractivity contribution in [1.29, 1.82) is 0 Å². The zero-order valence-electron chi connectivity index (χ0n) is 9.93. The third-order valence-corrected chi connectivity index (χ3v) is 2.80. The van der Waals surface area contributed by atoms with E-state index in [-0.39, 0.29) is 0 Å². The van der Waals surface area contributed by atoms with E-state index in [0.29, 0.717) is 12.1 Å². The van der Waals surface area contributed by atoms with Crippen LogP contribution >= 0.6 is 0 Å². The number of nitrogens with one attached hydrogen (secondary N) is 1. The lowest BCUT2D eigenvalue weighted by Gasteiger charge is -2.08. The summed E-state index contributed by atoms with van der Waals surface area (Å²) in [6.07, 6.45) is 3.66. The van der Waals surface area contributed by atoms with E-state index in [1.165, 1.54) is 6.42 Å². The van der Waals surface area contributed by atoms with Gasteiger partial charge in [0.25, 0.3) is 0 Å². The van der Waals surface area contributed by atoms with E-state index < -0.39 is 0 Å². The molecule has 0 spiro atoms. The van der Waals surface area contributed by atoms with Crippen LogP contribution in [0.5, 0.6) is 0 Å². The molecule has 0 radical (unpaired) electrons. The Labute approximate surface area is 102 Å². The van der Waals surface area contributed by atoms with E-state index in [1.807, 2.05) is 30.3 Å². The van der Waals surface area contributed by atoms with Gasteiger partial charge in [0.1, 0.15) is 0 Å². The molecule has 1 aromatic rings. The van der Waals surface area contributed by atoms with Gasteiger partial charge in [-0.15, -0.1) is 0 Å². The maximum atomic E-state index is 5.79. The molecule has 1 aliphatic heterocycles. The molecule has 2 rings (SSSR count). The molecule has 0 aliphatic carbocycles. The normalized spacial score (nSPS) is 20.5. The number of hydrogen-bond acceptors (Lipinski definition) is 2. The fourth-order valence-corrected chi connectivity index (χ4v) is 1.91. The summed E-state index contributed by atoms with van der Waals surface area (Å²) in [7, 11) is 0. The van der Waals surface area contributed by atoms with Crippen molar-refractivity contribution < 1.29 is 4.74 Å². The predicted octanol–water partition coefficient (Wildman–Crippen LogP) is 1.98. The molecule has 1 atom stereocenters. The van der Waals surface area contributed by atoms with Crippen LogP contribution in [0, 0.1) is 0 Å². The zero-order valence-corrected chi connectivity index (χ0v) is 9.93. The summed E-state index contributed by atoms with van der Waals surface area (Å²) in [4.78, 5) is 4.29. The van der Waals surface area contributed by atoms with Gasteiger partial charge in [-0.1, -0.05) is 18.2 Å². The topological polar surface area (TPSA) is 59.6 Å². The molecule has 0 bridgehead atoms. The van der Waals surface area contributed by atoms with Gasteiger partial charge in [0.15, 0.2) is 5.96 Å². The number of benzene rings is 1. The van der Waals surface area contributed by atoms with Gasteiger partial charge in [-0.05, 0) is 31.4 Å². The van der Waals surface area contributed by atoms with E-state index >= 15 is 0 Å². The lowest BCUT2D eigenvalue weighted by Crippen LogP contribution is -2.23. The molecule has 1 heterocycles. The number of ether oxygens (including phenoxy) is 1. The quantitative estimate of drug-likeness (QED) is 0.617. The second-order valence-electron chi connectivity index (χ2n) is 4.18. The fraction of sp³-hybridized carbons (Fsp3) is 0.462. The number of guanidine groups is 1. The van der Waals surface area contributed by atoms with Gasteiger partial charge in [0.2, 0.25) is 0 Å². The first-order valence-electron chi connectivity index (χ1n) is 6.08. The molecule has 4 nitrogen and oxygen atoms in total. The highest BCUT2D eigenvalue weighted by molar-refractivity contribution is 5.92. The van der Waals surface area contributed by atoms with Crippen molar-refractivity contribution in [3.8, 4) is 0 Å². The number of hydrogen-bond donors (Lipinski definition) is 2. The first-order chi connectivity index (χ1) is 8.34. The van der Waals surface area contributed by atoms with Crippen LogP contribution in [0.1, 0.15) is 19.3 Å². The number of rotatable bonds is 4.